The predicted molar refractivity (Wildman–Crippen MR) is 103 cm³/mol. The molecular formula is C16H18N2O6S3. The number of thiazole rings is 1. The molecule has 2 aromatic heterocycles. The summed E-state index contributed by atoms with van der Waals surface area (Å²) in [6.45, 7) is 3.38. The Hall–Kier alpha value is -1.98. The highest BCUT2D eigenvalue weighted by Crippen LogP contribution is 2.38. The largest absolute Gasteiger partial charge is 0.462 e. The topological polar surface area (TPSA) is 112 Å². The zero-order chi connectivity index (χ0) is 19.8. The normalized spacial score (nSPS) is 15.2. The van der Waals surface area contributed by atoms with E-state index in [9.17, 15) is 22.8 Å². The van der Waals surface area contributed by atoms with Gasteiger partial charge in [-0.05, 0) is 25.8 Å². The molecule has 8 nitrogen and oxygen atoms in total. The van der Waals surface area contributed by atoms with Gasteiger partial charge in [-0.1, -0.05) is 11.3 Å². The van der Waals surface area contributed by atoms with Gasteiger partial charge in [0.2, 0.25) is 5.91 Å². The van der Waals surface area contributed by atoms with Gasteiger partial charge in [-0.25, -0.2) is 13.2 Å². The average molecular weight is 431 g/mol. The van der Waals surface area contributed by atoms with E-state index in [1.54, 1.807) is 19.2 Å². The maximum Gasteiger partial charge on any atom is 0.341 e. The molecule has 0 aromatic carbocycles. The number of carbonyl (C=O) groups excluding carboxylic acids is 2. The van der Waals surface area contributed by atoms with E-state index in [2.05, 4.69) is 5.32 Å². The Balaban J connectivity index is 1.92. The van der Waals surface area contributed by atoms with Crippen molar-refractivity contribution in [1.29, 1.82) is 0 Å². The second kappa shape index (κ2) is 7.56. The molecule has 146 valence electrons. The number of aryl methyl sites for hydroxylation is 1. The van der Waals surface area contributed by atoms with E-state index in [1.165, 1.54) is 4.57 Å². The van der Waals surface area contributed by atoms with Crippen molar-refractivity contribution in [3.8, 4) is 0 Å². The van der Waals surface area contributed by atoms with Crippen LogP contribution in [0.4, 0.5) is 5.00 Å². The van der Waals surface area contributed by atoms with Gasteiger partial charge in [0.1, 0.15) is 11.5 Å². The third-order valence-corrected chi connectivity index (χ3v) is 7.88. The summed E-state index contributed by atoms with van der Waals surface area (Å²) >= 11 is 2.08. The molecule has 0 atom stereocenters. The Bertz CT molecular complexity index is 1060. The van der Waals surface area contributed by atoms with Gasteiger partial charge in [0.25, 0.3) is 0 Å². The summed E-state index contributed by atoms with van der Waals surface area (Å²) in [6, 6.07) is 0. The molecule has 0 saturated carbocycles. The molecule has 0 saturated heterocycles. The summed E-state index contributed by atoms with van der Waals surface area (Å²) in [7, 11) is -3.22. The summed E-state index contributed by atoms with van der Waals surface area (Å²) in [4.78, 5) is 36.9. The van der Waals surface area contributed by atoms with Crippen LogP contribution in [0.2, 0.25) is 0 Å². The van der Waals surface area contributed by atoms with Crippen LogP contribution in [0.15, 0.2) is 10.2 Å². The summed E-state index contributed by atoms with van der Waals surface area (Å²) in [5.41, 5.74) is 1.50. The number of rotatable bonds is 5. The highest BCUT2D eigenvalue weighted by molar-refractivity contribution is 7.90. The quantitative estimate of drug-likeness (QED) is 0.721. The van der Waals surface area contributed by atoms with Crippen LogP contribution in [0, 0.1) is 6.92 Å². The summed E-state index contributed by atoms with van der Waals surface area (Å²) in [5.74, 6) is -1.25. The summed E-state index contributed by atoms with van der Waals surface area (Å²) in [5, 5.41) is 4.58. The molecule has 3 rings (SSSR count). The Labute approximate surface area is 163 Å². The lowest BCUT2D eigenvalue weighted by Gasteiger charge is -2.13. The standard InChI is InChI=1S/C16H18N2O6S3/c1-3-24-15(20)13-10-4-5-27(22,23)8-11(10)26-14(13)17-12(19)6-18-9(2)7-25-16(18)21/h7H,3-6,8H2,1-2H3,(H,17,19). The van der Waals surface area contributed by atoms with Crippen molar-refractivity contribution in [2.24, 2.45) is 0 Å². The lowest BCUT2D eigenvalue weighted by Crippen LogP contribution is -2.25. The molecule has 0 radical (unpaired) electrons. The smallest absolute Gasteiger partial charge is 0.341 e. The van der Waals surface area contributed by atoms with Gasteiger partial charge in [-0.3, -0.25) is 14.2 Å². The zero-order valence-electron chi connectivity index (χ0n) is 14.7. The zero-order valence-corrected chi connectivity index (χ0v) is 17.2. The Kier molecular flexibility index (Phi) is 5.54. The molecule has 1 amide bonds. The van der Waals surface area contributed by atoms with Crippen LogP contribution >= 0.6 is 22.7 Å². The van der Waals surface area contributed by atoms with E-state index in [0.717, 1.165) is 22.7 Å². The first-order valence-electron chi connectivity index (χ1n) is 8.18. The first kappa shape index (κ1) is 19.8. The fourth-order valence-electron chi connectivity index (χ4n) is 2.84. The van der Waals surface area contributed by atoms with E-state index >= 15 is 0 Å². The second-order valence-corrected chi connectivity index (χ2v) is 10.2. The minimum Gasteiger partial charge on any atom is -0.462 e. The van der Waals surface area contributed by atoms with E-state index in [-0.39, 0.29) is 46.5 Å². The van der Waals surface area contributed by atoms with Crippen molar-refractivity contribution < 1.29 is 22.7 Å². The molecule has 0 aliphatic carbocycles. The molecule has 1 aliphatic rings. The molecule has 0 bridgehead atoms. The van der Waals surface area contributed by atoms with Crippen LogP contribution < -0.4 is 10.2 Å². The SMILES string of the molecule is CCOC(=O)c1c(NC(=O)Cn2c(C)csc2=O)sc2c1CCS(=O)(=O)C2. The molecule has 0 spiro atoms. The highest BCUT2D eigenvalue weighted by Gasteiger charge is 2.32. The number of ether oxygens (including phenoxy) is 1. The van der Waals surface area contributed by atoms with Gasteiger partial charge in [-0.2, -0.15) is 0 Å². The predicted octanol–water partition coefficient (Wildman–Crippen LogP) is 1.57. The van der Waals surface area contributed by atoms with E-state index in [1.807, 2.05) is 0 Å². The minimum absolute atomic E-state index is 0.0416. The van der Waals surface area contributed by atoms with Crippen molar-refractivity contribution in [2.75, 3.05) is 17.7 Å². The molecule has 3 heterocycles. The molecule has 0 fully saturated rings. The number of amides is 1. The van der Waals surface area contributed by atoms with Gasteiger partial charge >= 0.3 is 10.8 Å². The summed E-state index contributed by atoms with van der Waals surface area (Å²) < 4.78 is 30.2. The number of thiophene rings is 1. The molecule has 0 unspecified atom stereocenters. The Morgan fingerprint density at radius 2 is 2.11 bits per heavy atom. The number of anilines is 1. The van der Waals surface area contributed by atoms with Crippen molar-refractivity contribution in [3.63, 3.8) is 0 Å². The van der Waals surface area contributed by atoms with E-state index < -0.39 is 21.7 Å². The maximum absolute atomic E-state index is 12.4. The van der Waals surface area contributed by atoms with Crippen molar-refractivity contribution in [2.45, 2.75) is 32.6 Å². The molecule has 2 aromatic rings. The molecule has 1 N–H and O–H groups in total. The van der Waals surface area contributed by atoms with Crippen LogP contribution in [0.25, 0.3) is 0 Å². The van der Waals surface area contributed by atoms with Crippen molar-refractivity contribution in [1.82, 2.24) is 4.57 Å². The fourth-order valence-corrected chi connectivity index (χ4v) is 6.62. The van der Waals surface area contributed by atoms with Gasteiger partial charge < -0.3 is 10.1 Å². The second-order valence-electron chi connectivity index (χ2n) is 6.05. The Morgan fingerprint density at radius 1 is 1.37 bits per heavy atom. The van der Waals surface area contributed by atoms with Gasteiger partial charge in [0.15, 0.2) is 9.84 Å². The van der Waals surface area contributed by atoms with Crippen molar-refractivity contribution >= 4 is 49.4 Å². The number of carbonyl (C=O) groups is 2. The molecule has 11 heteroatoms. The van der Waals surface area contributed by atoms with Crippen LogP contribution in [0.3, 0.4) is 0 Å². The summed E-state index contributed by atoms with van der Waals surface area (Å²) in [6.07, 6.45) is 0.210. The first-order chi connectivity index (χ1) is 12.7. The van der Waals surface area contributed by atoms with Gasteiger partial charge in [-0.15, -0.1) is 11.3 Å². The number of fused-ring (bicyclic) bond motifs is 1. The highest BCUT2D eigenvalue weighted by atomic mass is 32.2. The Morgan fingerprint density at radius 3 is 2.74 bits per heavy atom. The van der Waals surface area contributed by atoms with E-state index in [0.29, 0.717) is 16.1 Å². The van der Waals surface area contributed by atoms with Gasteiger partial charge in [0.05, 0.1) is 23.7 Å². The maximum atomic E-state index is 12.4. The molecule has 1 aliphatic heterocycles. The number of hydrogen-bond acceptors (Lipinski definition) is 8. The fraction of sp³-hybridized carbons (Fsp3) is 0.438. The molecule has 27 heavy (non-hydrogen) atoms. The van der Waals surface area contributed by atoms with Crippen LogP contribution in [-0.4, -0.2) is 37.2 Å². The number of esters is 1. The van der Waals surface area contributed by atoms with Crippen LogP contribution in [-0.2, 0) is 38.1 Å². The number of sulfone groups is 1. The van der Waals surface area contributed by atoms with Gasteiger partial charge in [0, 0.05) is 16.0 Å². The monoisotopic (exact) mass is 430 g/mol. The number of nitrogens with one attached hydrogen (secondary N) is 1. The number of hydrogen-bond donors (Lipinski definition) is 1. The third-order valence-electron chi connectivity index (χ3n) is 4.12. The molecular weight excluding hydrogens is 412 g/mol. The lowest BCUT2D eigenvalue weighted by atomic mass is 10.1. The minimum atomic E-state index is -3.22. The van der Waals surface area contributed by atoms with E-state index in [4.69, 9.17) is 4.74 Å². The number of nitrogens with zero attached hydrogens (tertiary/aromatic N) is 1. The first-order valence-corrected chi connectivity index (χ1v) is 11.7. The number of aromatic nitrogens is 1. The van der Waals surface area contributed by atoms with Crippen molar-refractivity contribution in [3.05, 3.63) is 36.7 Å². The lowest BCUT2D eigenvalue weighted by molar-refractivity contribution is -0.116. The van der Waals surface area contributed by atoms with Crippen LogP contribution in [0.1, 0.15) is 33.4 Å². The van der Waals surface area contributed by atoms with Crippen LogP contribution in [0.5, 0.6) is 0 Å². The average Bonchev–Trinajstić information content (AvgIpc) is 3.07. The third kappa shape index (κ3) is 4.14.